The zero-order valence-corrected chi connectivity index (χ0v) is 12.7. The monoisotopic (exact) mass is 261 g/mol. The highest BCUT2D eigenvalue weighted by Crippen LogP contribution is 2.14. The number of allylic oxidation sites excluding steroid dienone is 1. The van der Waals surface area contributed by atoms with Gasteiger partial charge in [-0.05, 0) is 50.4 Å². The van der Waals surface area contributed by atoms with Crippen molar-refractivity contribution in [2.75, 3.05) is 13.7 Å². The van der Waals surface area contributed by atoms with Gasteiger partial charge < -0.3 is 10.1 Å². The molecule has 1 aromatic carbocycles. The van der Waals surface area contributed by atoms with Gasteiger partial charge in [0.1, 0.15) is 5.75 Å². The normalized spacial score (nSPS) is 11.9. The van der Waals surface area contributed by atoms with Crippen molar-refractivity contribution in [2.45, 2.75) is 46.1 Å². The van der Waals surface area contributed by atoms with Gasteiger partial charge in [0.15, 0.2) is 0 Å². The maximum atomic E-state index is 5.16. The summed E-state index contributed by atoms with van der Waals surface area (Å²) in [5.74, 6) is 0.927. The zero-order chi connectivity index (χ0) is 14.1. The van der Waals surface area contributed by atoms with Gasteiger partial charge in [0.2, 0.25) is 0 Å². The van der Waals surface area contributed by atoms with E-state index in [2.05, 4.69) is 44.3 Å². The van der Waals surface area contributed by atoms with E-state index in [1.807, 2.05) is 12.1 Å². The number of ether oxygens (including phenoxy) is 1. The molecule has 0 aliphatic heterocycles. The Labute approximate surface area is 117 Å². The van der Waals surface area contributed by atoms with E-state index in [0.29, 0.717) is 6.04 Å². The molecule has 2 nitrogen and oxygen atoms in total. The molecule has 0 heterocycles. The lowest BCUT2D eigenvalue weighted by Crippen LogP contribution is -2.23. The molecule has 19 heavy (non-hydrogen) atoms. The first-order valence-corrected chi connectivity index (χ1v) is 7.13. The topological polar surface area (TPSA) is 21.3 Å². The van der Waals surface area contributed by atoms with E-state index in [0.717, 1.165) is 31.6 Å². The van der Waals surface area contributed by atoms with E-state index in [-0.39, 0.29) is 0 Å². The van der Waals surface area contributed by atoms with Gasteiger partial charge in [-0.3, -0.25) is 0 Å². The highest BCUT2D eigenvalue weighted by molar-refractivity contribution is 5.27. The molecule has 0 aliphatic rings. The third kappa shape index (κ3) is 7.02. The summed E-state index contributed by atoms with van der Waals surface area (Å²) in [6.45, 7) is 7.65. The molecule has 1 rings (SSSR count). The smallest absolute Gasteiger partial charge is 0.118 e. The van der Waals surface area contributed by atoms with Crippen LogP contribution in [0.25, 0.3) is 0 Å². The van der Waals surface area contributed by atoms with Crippen molar-refractivity contribution in [3.63, 3.8) is 0 Å². The van der Waals surface area contributed by atoms with Crippen molar-refractivity contribution in [2.24, 2.45) is 0 Å². The van der Waals surface area contributed by atoms with Crippen LogP contribution in [0.5, 0.6) is 5.75 Å². The minimum Gasteiger partial charge on any atom is -0.497 e. The molecule has 0 bridgehead atoms. The van der Waals surface area contributed by atoms with Crippen molar-refractivity contribution >= 4 is 0 Å². The summed E-state index contributed by atoms with van der Waals surface area (Å²) >= 11 is 0. The first kappa shape index (κ1) is 15.8. The maximum Gasteiger partial charge on any atom is 0.118 e. The zero-order valence-electron chi connectivity index (χ0n) is 12.7. The van der Waals surface area contributed by atoms with Gasteiger partial charge in [0.05, 0.1) is 7.11 Å². The van der Waals surface area contributed by atoms with E-state index in [9.17, 15) is 0 Å². The highest BCUT2D eigenvalue weighted by Gasteiger charge is 1.96. The van der Waals surface area contributed by atoms with E-state index in [4.69, 9.17) is 4.74 Å². The Bertz CT molecular complexity index is 379. The molecular formula is C17H27NO. The Morgan fingerprint density at radius 1 is 1.26 bits per heavy atom. The SMILES string of the molecule is COc1ccc(CCC(C)=CCCNC(C)C)cc1. The van der Waals surface area contributed by atoms with Gasteiger partial charge >= 0.3 is 0 Å². The van der Waals surface area contributed by atoms with Gasteiger partial charge in [0.25, 0.3) is 0 Å². The fourth-order valence-corrected chi connectivity index (χ4v) is 1.93. The molecule has 1 aromatic rings. The predicted octanol–water partition coefficient (Wildman–Crippen LogP) is 3.96. The summed E-state index contributed by atoms with van der Waals surface area (Å²) in [7, 11) is 1.70. The first-order chi connectivity index (χ1) is 9.11. The molecular weight excluding hydrogens is 234 g/mol. The molecule has 0 spiro atoms. The standard InChI is InChI=1S/C17H27NO/c1-14(2)18-13-5-6-15(3)7-8-16-9-11-17(19-4)12-10-16/h6,9-12,14,18H,5,7-8,13H2,1-4H3. The minimum atomic E-state index is 0.577. The summed E-state index contributed by atoms with van der Waals surface area (Å²) in [5.41, 5.74) is 2.84. The first-order valence-electron chi connectivity index (χ1n) is 7.13. The maximum absolute atomic E-state index is 5.16. The molecule has 0 aromatic heterocycles. The number of methoxy groups -OCH3 is 1. The molecule has 0 fully saturated rings. The Balaban J connectivity index is 2.28. The van der Waals surface area contributed by atoms with E-state index < -0.39 is 0 Å². The van der Waals surface area contributed by atoms with Crippen LogP contribution in [0.3, 0.4) is 0 Å². The lowest BCUT2D eigenvalue weighted by atomic mass is 10.0. The Hall–Kier alpha value is -1.28. The van der Waals surface area contributed by atoms with Crippen molar-refractivity contribution in [3.8, 4) is 5.75 Å². The van der Waals surface area contributed by atoms with Gasteiger partial charge in [-0.2, -0.15) is 0 Å². The lowest BCUT2D eigenvalue weighted by Gasteiger charge is -2.07. The van der Waals surface area contributed by atoms with Gasteiger partial charge in [-0.1, -0.05) is 37.6 Å². The number of nitrogens with one attached hydrogen (secondary N) is 1. The van der Waals surface area contributed by atoms with Crippen molar-refractivity contribution < 1.29 is 4.74 Å². The summed E-state index contributed by atoms with van der Waals surface area (Å²) in [4.78, 5) is 0. The highest BCUT2D eigenvalue weighted by atomic mass is 16.5. The lowest BCUT2D eigenvalue weighted by molar-refractivity contribution is 0.414. The van der Waals surface area contributed by atoms with Crippen LogP contribution in [-0.4, -0.2) is 19.7 Å². The van der Waals surface area contributed by atoms with E-state index >= 15 is 0 Å². The average Bonchev–Trinajstić information content (AvgIpc) is 2.41. The Kier molecular flexibility index (Phi) is 7.27. The molecule has 106 valence electrons. The third-order valence-corrected chi connectivity index (χ3v) is 3.16. The van der Waals surface area contributed by atoms with Crippen LogP contribution in [0.1, 0.15) is 39.2 Å². The molecule has 0 saturated heterocycles. The van der Waals surface area contributed by atoms with Crippen LogP contribution in [0.2, 0.25) is 0 Å². The fraction of sp³-hybridized carbons (Fsp3) is 0.529. The molecule has 0 aliphatic carbocycles. The molecule has 0 atom stereocenters. The number of hydrogen-bond acceptors (Lipinski definition) is 2. The number of rotatable bonds is 8. The van der Waals surface area contributed by atoms with Crippen molar-refractivity contribution in [1.29, 1.82) is 0 Å². The van der Waals surface area contributed by atoms with Crippen LogP contribution < -0.4 is 10.1 Å². The second-order valence-corrected chi connectivity index (χ2v) is 5.30. The van der Waals surface area contributed by atoms with Gasteiger partial charge in [-0.25, -0.2) is 0 Å². The third-order valence-electron chi connectivity index (χ3n) is 3.16. The van der Waals surface area contributed by atoms with Crippen LogP contribution in [0.4, 0.5) is 0 Å². The number of aryl methyl sites for hydroxylation is 1. The quantitative estimate of drug-likeness (QED) is 0.565. The molecule has 0 saturated carbocycles. The molecule has 1 N–H and O–H groups in total. The summed E-state index contributed by atoms with van der Waals surface area (Å²) < 4.78 is 5.16. The van der Waals surface area contributed by atoms with Crippen LogP contribution in [-0.2, 0) is 6.42 Å². The number of benzene rings is 1. The Morgan fingerprint density at radius 3 is 2.53 bits per heavy atom. The largest absolute Gasteiger partial charge is 0.497 e. The fourth-order valence-electron chi connectivity index (χ4n) is 1.93. The second kappa shape index (κ2) is 8.76. The summed E-state index contributed by atoms with van der Waals surface area (Å²) in [6, 6.07) is 8.92. The van der Waals surface area contributed by atoms with Gasteiger partial charge in [0, 0.05) is 6.04 Å². The second-order valence-electron chi connectivity index (χ2n) is 5.30. The van der Waals surface area contributed by atoms with Crippen molar-refractivity contribution in [1.82, 2.24) is 5.32 Å². The van der Waals surface area contributed by atoms with Crippen LogP contribution in [0, 0.1) is 0 Å². The van der Waals surface area contributed by atoms with Crippen molar-refractivity contribution in [3.05, 3.63) is 41.5 Å². The van der Waals surface area contributed by atoms with E-state index in [1.54, 1.807) is 7.11 Å². The predicted molar refractivity (Wildman–Crippen MR) is 82.8 cm³/mol. The van der Waals surface area contributed by atoms with Crippen LogP contribution >= 0.6 is 0 Å². The van der Waals surface area contributed by atoms with Gasteiger partial charge in [-0.15, -0.1) is 0 Å². The molecule has 0 amide bonds. The van der Waals surface area contributed by atoms with Crippen LogP contribution in [0.15, 0.2) is 35.9 Å². The molecule has 0 unspecified atom stereocenters. The van der Waals surface area contributed by atoms with E-state index in [1.165, 1.54) is 11.1 Å². The molecule has 0 radical (unpaired) electrons. The summed E-state index contributed by atoms with van der Waals surface area (Å²) in [6.07, 6.45) is 5.70. The summed E-state index contributed by atoms with van der Waals surface area (Å²) in [5, 5.41) is 3.43. The number of hydrogen-bond donors (Lipinski definition) is 1. The molecule has 2 heteroatoms. The minimum absolute atomic E-state index is 0.577. The average molecular weight is 261 g/mol. The Morgan fingerprint density at radius 2 is 1.95 bits per heavy atom.